The molecule has 2 N–H and O–H groups in total. The predicted molar refractivity (Wildman–Crippen MR) is 77.2 cm³/mol. The number of nitrogens with two attached hydrogens (primary N) is 1. The summed E-state index contributed by atoms with van der Waals surface area (Å²) in [6.45, 7) is 1.98. The molecule has 1 aromatic carbocycles. The molecule has 20 heavy (non-hydrogen) atoms. The van der Waals surface area contributed by atoms with Crippen molar-refractivity contribution in [3.63, 3.8) is 0 Å². The highest BCUT2D eigenvalue weighted by molar-refractivity contribution is 6.37. The molecule has 0 bridgehead atoms. The molecule has 0 aliphatic rings. The van der Waals surface area contributed by atoms with Crippen LogP contribution in [0.4, 0.5) is 0 Å². The van der Waals surface area contributed by atoms with Gasteiger partial charge in [-0.25, -0.2) is 0 Å². The minimum atomic E-state index is -0.344. The van der Waals surface area contributed by atoms with Crippen LogP contribution in [0.1, 0.15) is 43.2 Å². The number of aryl methyl sites for hydroxylation is 1. The molecule has 0 radical (unpaired) electrons. The molecule has 0 saturated heterocycles. The van der Waals surface area contributed by atoms with E-state index in [-0.39, 0.29) is 30.3 Å². The number of benzene rings is 1. The van der Waals surface area contributed by atoms with Crippen LogP contribution < -0.4 is 5.73 Å². The number of hydrogen-bond donors (Lipinski definition) is 1. The Balaban J connectivity index is 2.27. The van der Waals surface area contributed by atoms with Crippen molar-refractivity contribution in [1.29, 1.82) is 0 Å². The molecule has 1 aromatic rings. The van der Waals surface area contributed by atoms with Gasteiger partial charge in [0.1, 0.15) is 0 Å². The van der Waals surface area contributed by atoms with Crippen LogP contribution in [0.5, 0.6) is 0 Å². The molecule has 0 aromatic heterocycles. The molecule has 0 aliphatic heterocycles. The molecule has 0 atom stereocenters. The van der Waals surface area contributed by atoms with Crippen molar-refractivity contribution in [2.45, 2.75) is 45.4 Å². The molecule has 0 fully saturated rings. The minimum absolute atomic E-state index is 0.167. The zero-order valence-corrected chi connectivity index (χ0v) is 11.9. The number of amides is 1. The number of carbonyl (C=O) groups is 3. The maximum atomic E-state index is 11.7. The third kappa shape index (κ3) is 6.27. The van der Waals surface area contributed by atoms with E-state index in [1.165, 1.54) is 0 Å². The Morgan fingerprint density at radius 2 is 1.50 bits per heavy atom. The Morgan fingerprint density at radius 3 is 2.10 bits per heavy atom. The summed E-state index contributed by atoms with van der Waals surface area (Å²) in [5.41, 5.74) is 7.01. The number of hydrogen-bond acceptors (Lipinski definition) is 3. The van der Waals surface area contributed by atoms with Crippen LogP contribution in [0.25, 0.3) is 0 Å². The number of rotatable bonds is 9. The van der Waals surface area contributed by atoms with E-state index in [0.717, 1.165) is 17.5 Å². The predicted octanol–water partition coefficient (Wildman–Crippen LogP) is 2.11. The lowest BCUT2D eigenvalue weighted by Crippen LogP contribution is -2.16. The van der Waals surface area contributed by atoms with Gasteiger partial charge in [0.05, 0.1) is 0 Å². The summed E-state index contributed by atoms with van der Waals surface area (Å²) < 4.78 is 0. The summed E-state index contributed by atoms with van der Waals surface area (Å²) in [7, 11) is 0. The lowest BCUT2D eigenvalue weighted by Gasteiger charge is -2.02. The van der Waals surface area contributed by atoms with Crippen LogP contribution in [0, 0.1) is 6.92 Å². The molecule has 0 saturated carbocycles. The van der Waals surface area contributed by atoms with E-state index in [0.29, 0.717) is 19.3 Å². The fourth-order valence-electron chi connectivity index (χ4n) is 1.89. The summed E-state index contributed by atoms with van der Waals surface area (Å²) in [4.78, 5) is 33.9. The van der Waals surface area contributed by atoms with Gasteiger partial charge in [0.15, 0.2) is 5.78 Å². The maximum Gasteiger partial charge on any atom is 0.217 e. The van der Waals surface area contributed by atoms with Crippen molar-refractivity contribution in [2.24, 2.45) is 5.73 Å². The number of ketones is 2. The second-order valence-corrected chi connectivity index (χ2v) is 5.04. The van der Waals surface area contributed by atoms with E-state index in [1.807, 2.05) is 31.2 Å². The highest BCUT2D eigenvalue weighted by atomic mass is 16.2. The third-order valence-corrected chi connectivity index (χ3v) is 3.12. The van der Waals surface area contributed by atoms with E-state index < -0.39 is 0 Å². The van der Waals surface area contributed by atoms with Gasteiger partial charge < -0.3 is 5.73 Å². The maximum absolute atomic E-state index is 11.7. The summed E-state index contributed by atoms with van der Waals surface area (Å²) >= 11 is 0. The highest BCUT2D eigenvalue weighted by Gasteiger charge is 2.13. The number of unbranched alkanes of at least 4 members (excludes halogenated alkanes) is 2. The van der Waals surface area contributed by atoms with E-state index in [1.54, 1.807) is 0 Å². The van der Waals surface area contributed by atoms with Crippen molar-refractivity contribution in [2.75, 3.05) is 0 Å². The lowest BCUT2D eigenvalue weighted by molar-refractivity contribution is -0.136. The smallest absolute Gasteiger partial charge is 0.217 e. The molecule has 0 spiro atoms. The first kappa shape index (κ1) is 16.1. The minimum Gasteiger partial charge on any atom is -0.370 e. The fraction of sp³-hybridized carbons (Fsp3) is 0.438. The molecule has 1 amide bonds. The molecule has 0 heterocycles. The number of Topliss-reactive ketones (excluding diaryl/α,β-unsaturated/α-hetero) is 2. The van der Waals surface area contributed by atoms with Gasteiger partial charge in [-0.1, -0.05) is 36.2 Å². The zero-order chi connectivity index (χ0) is 15.0. The SMILES string of the molecule is Cc1ccc(CC(=O)C(=O)CCCCCC(N)=O)cc1. The molecule has 0 unspecified atom stereocenters. The van der Waals surface area contributed by atoms with E-state index in [4.69, 9.17) is 5.73 Å². The third-order valence-electron chi connectivity index (χ3n) is 3.12. The molecular formula is C16H21NO3. The van der Waals surface area contributed by atoms with Gasteiger partial charge in [0.2, 0.25) is 11.7 Å². The monoisotopic (exact) mass is 275 g/mol. The lowest BCUT2D eigenvalue weighted by atomic mass is 10.0. The first-order chi connectivity index (χ1) is 9.49. The van der Waals surface area contributed by atoms with Gasteiger partial charge in [-0.15, -0.1) is 0 Å². The molecule has 108 valence electrons. The largest absolute Gasteiger partial charge is 0.370 e. The summed E-state index contributed by atoms with van der Waals surface area (Å²) in [5.74, 6) is -1.000. The van der Waals surface area contributed by atoms with Crippen LogP contribution in [-0.4, -0.2) is 17.5 Å². The van der Waals surface area contributed by atoms with E-state index in [2.05, 4.69) is 0 Å². The Hall–Kier alpha value is -1.97. The van der Waals surface area contributed by atoms with Crippen LogP contribution in [0.3, 0.4) is 0 Å². The highest BCUT2D eigenvalue weighted by Crippen LogP contribution is 2.07. The van der Waals surface area contributed by atoms with Gasteiger partial charge in [0.25, 0.3) is 0 Å². The zero-order valence-electron chi connectivity index (χ0n) is 11.9. The number of primary amides is 1. The average molecular weight is 275 g/mol. The summed E-state index contributed by atoms with van der Waals surface area (Å²) in [6, 6.07) is 7.59. The van der Waals surface area contributed by atoms with Crippen molar-refractivity contribution >= 4 is 17.5 Å². The quantitative estimate of drug-likeness (QED) is 0.554. The van der Waals surface area contributed by atoms with Crippen molar-refractivity contribution in [3.8, 4) is 0 Å². The second-order valence-electron chi connectivity index (χ2n) is 5.04. The standard InChI is InChI=1S/C16H21NO3/c1-12-7-9-13(10-8-12)11-15(19)14(18)5-3-2-4-6-16(17)20/h7-10H,2-6,11H2,1H3,(H2,17,20). The van der Waals surface area contributed by atoms with Crippen LogP contribution in [0.15, 0.2) is 24.3 Å². The van der Waals surface area contributed by atoms with Crippen molar-refractivity contribution < 1.29 is 14.4 Å². The van der Waals surface area contributed by atoms with E-state index in [9.17, 15) is 14.4 Å². The van der Waals surface area contributed by atoms with Gasteiger partial charge >= 0.3 is 0 Å². The first-order valence-electron chi connectivity index (χ1n) is 6.89. The summed E-state index contributed by atoms with van der Waals surface area (Å²) in [5, 5.41) is 0. The van der Waals surface area contributed by atoms with Gasteiger partial charge in [0, 0.05) is 19.3 Å². The Morgan fingerprint density at radius 1 is 0.900 bits per heavy atom. The first-order valence-corrected chi connectivity index (χ1v) is 6.89. The number of carbonyl (C=O) groups excluding carboxylic acids is 3. The molecule has 1 rings (SSSR count). The summed E-state index contributed by atoms with van der Waals surface area (Å²) in [6.07, 6.45) is 2.81. The molecule has 4 heteroatoms. The topological polar surface area (TPSA) is 77.2 Å². The Kier molecular flexibility index (Phi) is 6.64. The van der Waals surface area contributed by atoms with E-state index >= 15 is 0 Å². The normalized spacial score (nSPS) is 10.2. The van der Waals surface area contributed by atoms with Gasteiger partial charge in [-0.3, -0.25) is 14.4 Å². The van der Waals surface area contributed by atoms with Crippen LogP contribution in [0.2, 0.25) is 0 Å². The molecule has 4 nitrogen and oxygen atoms in total. The average Bonchev–Trinajstić information content (AvgIpc) is 2.40. The molecular weight excluding hydrogens is 254 g/mol. The second kappa shape index (κ2) is 8.25. The Labute approximate surface area is 119 Å². The molecule has 0 aliphatic carbocycles. The van der Waals surface area contributed by atoms with Crippen LogP contribution >= 0.6 is 0 Å². The van der Waals surface area contributed by atoms with Gasteiger partial charge in [-0.05, 0) is 25.3 Å². The van der Waals surface area contributed by atoms with Gasteiger partial charge in [-0.2, -0.15) is 0 Å². The fourth-order valence-corrected chi connectivity index (χ4v) is 1.89. The van der Waals surface area contributed by atoms with Crippen molar-refractivity contribution in [3.05, 3.63) is 35.4 Å². The van der Waals surface area contributed by atoms with Crippen LogP contribution in [-0.2, 0) is 20.8 Å². The van der Waals surface area contributed by atoms with Crippen molar-refractivity contribution in [1.82, 2.24) is 0 Å². The Bertz CT molecular complexity index is 477.